The highest BCUT2D eigenvalue weighted by molar-refractivity contribution is 7.89. The lowest BCUT2D eigenvalue weighted by Crippen LogP contribution is -2.36. The van der Waals surface area contributed by atoms with Gasteiger partial charge in [-0.05, 0) is 55.7 Å². The van der Waals surface area contributed by atoms with E-state index in [2.05, 4.69) is 5.32 Å². The van der Waals surface area contributed by atoms with E-state index < -0.39 is 26.6 Å². The predicted octanol–water partition coefficient (Wildman–Crippen LogP) is 3.12. The molecule has 2 aromatic carbocycles. The fraction of sp³-hybridized carbons (Fsp3) is 0.381. The van der Waals surface area contributed by atoms with Gasteiger partial charge in [-0.3, -0.25) is 4.79 Å². The van der Waals surface area contributed by atoms with Crippen LogP contribution in [0.3, 0.4) is 0 Å². The monoisotopic (exact) mass is 420 g/mol. The second-order valence-electron chi connectivity index (χ2n) is 7.03. The number of hydrogen-bond acceptors (Lipinski definition) is 4. The maximum Gasteiger partial charge on any atom is 0.251 e. The quantitative estimate of drug-likeness (QED) is 0.699. The number of rotatable bonds is 7. The molecule has 1 aliphatic heterocycles. The van der Waals surface area contributed by atoms with E-state index in [0.29, 0.717) is 18.8 Å². The zero-order valence-electron chi connectivity index (χ0n) is 16.4. The third kappa shape index (κ3) is 5.33. The van der Waals surface area contributed by atoms with Crippen molar-refractivity contribution < 1.29 is 22.3 Å². The second-order valence-corrected chi connectivity index (χ2v) is 8.94. The Morgan fingerprint density at radius 1 is 1.14 bits per heavy atom. The van der Waals surface area contributed by atoms with Crippen molar-refractivity contribution in [3.63, 3.8) is 0 Å². The van der Waals surface area contributed by atoms with Crippen LogP contribution in [0.5, 0.6) is 5.75 Å². The minimum Gasteiger partial charge on any atom is -0.492 e. The molecule has 0 aliphatic carbocycles. The summed E-state index contributed by atoms with van der Waals surface area (Å²) in [4.78, 5) is 11.9. The zero-order chi connectivity index (χ0) is 20.9. The lowest BCUT2D eigenvalue weighted by atomic mass is 10.2. The fourth-order valence-electron chi connectivity index (χ4n) is 3.23. The molecule has 1 saturated heterocycles. The Hall–Kier alpha value is -2.45. The minimum atomic E-state index is -3.96. The zero-order valence-corrected chi connectivity index (χ0v) is 17.2. The molecule has 3 rings (SSSR count). The molecule has 1 N–H and O–H groups in total. The Kier molecular flexibility index (Phi) is 6.87. The van der Waals surface area contributed by atoms with Gasteiger partial charge in [0.15, 0.2) is 0 Å². The highest BCUT2D eigenvalue weighted by Gasteiger charge is 2.29. The molecule has 0 spiro atoms. The smallest absolute Gasteiger partial charge is 0.251 e. The van der Waals surface area contributed by atoms with Gasteiger partial charge in [-0.25, -0.2) is 12.8 Å². The first-order valence-electron chi connectivity index (χ1n) is 9.65. The van der Waals surface area contributed by atoms with E-state index in [1.54, 1.807) is 0 Å². The van der Waals surface area contributed by atoms with E-state index in [4.69, 9.17) is 4.74 Å². The van der Waals surface area contributed by atoms with Crippen LogP contribution >= 0.6 is 0 Å². The van der Waals surface area contributed by atoms with Crippen LogP contribution in [0.1, 0.15) is 35.2 Å². The second kappa shape index (κ2) is 9.37. The molecule has 0 saturated carbocycles. The van der Waals surface area contributed by atoms with Crippen LogP contribution in [-0.4, -0.2) is 44.9 Å². The first-order chi connectivity index (χ1) is 13.9. The Bertz CT molecular complexity index is 972. The Labute approximate surface area is 170 Å². The average molecular weight is 421 g/mol. The third-order valence-corrected chi connectivity index (χ3v) is 6.69. The van der Waals surface area contributed by atoms with Crippen LogP contribution in [-0.2, 0) is 10.0 Å². The van der Waals surface area contributed by atoms with Crippen molar-refractivity contribution in [2.75, 3.05) is 26.2 Å². The van der Waals surface area contributed by atoms with E-state index >= 15 is 0 Å². The van der Waals surface area contributed by atoms with E-state index in [1.807, 2.05) is 31.2 Å². The summed E-state index contributed by atoms with van der Waals surface area (Å²) in [5.41, 5.74) is 1.16. The highest BCUT2D eigenvalue weighted by Crippen LogP contribution is 2.24. The Morgan fingerprint density at radius 3 is 2.62 bits per heavy atom. The van der Waals surface area contributed by atoms with Gasteiger partial charge in [-0.15, -0.1) is 0 Å². The molecular formula is C21H25FN2O4S. The van der Waals surface area contributed by atoms with E-state index in [-0.39, 0.29) is 18.7 Å². The number of halogens is 1. The largest absolute Gasteiger partial charge is 0.492 e. The molecule has 0 bridgehead atoms. The molecule has 6 nitrogen and oxygen atoms in total. The standard InChI is InChI=1S/C21H25FN2O4S/c1-16-6-5-7-18(14-16)28-13-10-23-21(25)17-8-9-19(22)20(15-17)29(26,27)24-11-3-2-4-12-24/h5-9,14-15H,2-4,10-13H2,1H3,(H,23,25). The van der Waals surface area contributed by atoms with Crippen molar-refractivity contribution in [2.24, 2.45) is 0 Å². The average Bonchev–Trinajstić information content (AvgIpc) is 2.72. The molecule has 1 fully saturated rings. The fourth-order valence-corrected chi connectivity index (χ4v) is 4.83. The lowest BCUT2D eigenvalue weighted by Gasteiger charge is -2.26. The normalized spacial score (nSPS) is 15.1. The number of aryl methyl sites for hydroxylation is 1. The molecule has 0 radical (unpaired) electrons. The van der Waals surface area contributed by atoms with Crippen LogP contribution < -0.4 is 10.1 Å². The number of sulfonamides is 1. The maximum atomic E-state index is 14.3. The van der Waals surface area contributed by atoms with E-state index in [9.17, 15) is 17.6 Å². The van der Waals surface area contributed by atoms with Gasteiger partial charge in [-0.2, -0.15) is 4.31 Å². The van der Waals surface area contributed by atoms with Gasteiger partial charge in [-0.1, -0.05) is 18.6 Å². The van der Waals surface area contributed by atoms with Crippen LogP contribution in [0, 0.1) is 12.7 Å². The molecule has 0 atom stereocenters. The summed E-state index contributed by atoms with van der Waals surface area (Å²) in [6.45, 7) is 3.19. The molecule has 1 amide bonds. The molecule has 8 heteroatoms. The molecule has 156 valence electrons. The minimum absolute atomic E-state index is 0.0949. The topological polar surface area (TPSA) is 75.7 Å². The summed E-state index contributed by atoms with van der Waals surface area (Å²) in [7, 11) is -3.96. The maximum absolute atomic E-state index is 14.3. The lowest BCUT2D eigenvalue weighted by molar-refractivity contribution is 0.0946. The van der Waals surface area contributed by atoms with Crippen molar-refractivity contribution in [1.29, 1.82) is 0 Å². The summed E-state index contributed by atoms with van der Waals surface area (Å²) in [5, 5.41) is 2.67. The summed E-state index contributed by atoms with van der Waals surface area (Å²) < 4.78 is 46.6. The molecule has 29 heavy (non-hydrogen) atoms. The van der Waals surface area contributed by atoms with Crippen LogP contribution in [0.4, 0.5) is 4.39 Å². The summed E-state index contributed by atoms with van der Waals surface area (Å²) in [6.07, 6.45) is 2.46. The third-order valence-electron chi connectivity index (χ3n) is 4.77. The summed E-state index contributed by atoms with van der Waals surface area (Å²) in [5.74, 6) is -0.626. The molecule has 1 heterocycles. The first kappa shape index (κ1) is 21.3. The van der Waals surface area contributed by atoms with E-state index in [0.717, 1.165) is 37.0 Å². The SMILES string of the molecule is Cc1cccc(OCCNC(=O)c2ccc(F)c(S(=O)(=O)N3CCCCC3)c2)c1. The van der Waals surface area contributed by atoms with Gasteiger partial charge in [0.05, 0.1) is 6.54 Å². The van der Waals surface area contributed by atoms with Crippen LogP contribution in [0.25, 0.3) is 0 Å². The molecule has 0 unspecified atom stereocenters. The van der Waals surface area contributed by atoms with Crippen molar-refractivity contribution in [1.82, 2.24) is 9.62 Å². The number of carbonyl (C=O) groups excluding carboxylic acids is 1. The molecule has 0 aromatic heterocycles. The molecule has 1 aliphatic rings. The number of hydrogen-bond donors (Lipinski definition) is 1. The number of carbonyl (C=O) groups is 1. The summed E-state index contributed by atoms with van der Waals surface area (Å²) in [6, 6.07) is 11.0. The van der Waals surface area contributed by atoms with Crippen molar-refractivity contribution in [3.8, 4) is 5.75 Å². The van der Waals surface area contributed by atoms with Crippen LogP contribution in [0.15, 0.2) is 47.4 Å². The summed E-state index contributed by atoms with van der Waals surface area (Å²) >= 11 is 0. The van der Waals surface area contributed by atoms with Gasteiger partial charge in [0.1, 0.15) is 23.1 Å². The van der Waals surface area contributed by atoms with Gasteiger partial charge in [0.2, 0.25) is 10.0 Å². The van der Waals surface area contributed by atoms with Gasteiger partial charge >= 0.3 is 0 Å². The Morgan fingerprint density at radius 2 is 1.90 bits per heavy atom. The van der Waals surface area contributed by atoms with Gasteiger partial charge in [0, 0.05) is 18.7 Å². The van der Waals surface area contributed by atoms with Crippen LogP contribution in [0.2, 0.25) is 0 Å². The number of nitrogens with zero attached hydrogens (tertiary/aromatic N) is 1. The molecular weight excluding hydrogens is 395 g/mol. The number of nitrogens with one attached hydrogen (secondary N) is 1. The highest BCUT2D eigenvalue weighted by atomic mass is 32.2. The number of benzene rings is 2. The van der Waals surface area contributed by atoms with E-state index in [1.165, 1.54) is 10.4 Å². The molecule has 2 aromatic rings. The van der Waals surface area contributed by atoms with Crippen molar-refractivity contribution in [2.45, 2.75) is 31.1 Å². The predicted molar refractivity (Wildman–Crippen MR) is 108 cm³/mol. The first-order valence-corrected chi connectivity index (χ1v) is 11.1. The Balaban J connectivity index is 1.63. The number of ether oxygens (including phenoxy) is 1. The van der Waals surface area contributed by atoms with Crippen molar-refractivity contribution >= 4 is 15.9 Å². The number of piperidine rings is 1. The number of amides is 1. The van der Waals surface area contributed by atoms with Crippen molar-refractivity contribution in [3.05, 3.63) is 59.4 Å². The van der Waals surface area contributed by atoms with Gasteiger partial charge < -0.3 is 10.1 Å². The van der Waals surface area contributed by atoms with Gasteiger partial charge in [0.25, 0.3) is 5.91 Å².